The Hall–Kier alpha value is -1.84. The number of allylic oxidation sites excluding steroid dienone is 1. The van der Waals surface area contributed by atoms with Crippen LogP contribution in [-0.4, -0.2) is 25.2 Å². The number of nitrogens with two attached hydrogens (primary N) is 6. The molecule has 12 N–H and O–H groups in total. The van der Waals surface area contributed by atoms with Crippen molar-refractivity contribution in [1.82, 2.24) is 0 Å². The Balaban J connectivity index is 0. The molecule has 0 radical (unpaired) electrons. The minimum absolute atomic E-state index is 0.153. The Morgan fingerprint density at radius 1 is 1.19 bits per heavy atom. The molecule has 0 aromatic carbocycles. The largest absolute Gasteiger partial charge is 0.398 e. The van der Waals surface area contributed by atoms with Gasteiger partial charge in [-0.2, -0.15) is 5.26 Å². The summed E-state index contributed by atoms with van der Waals surface area (Å²) in [7, 11) is 0. The third-order valence-corrected chi connectivity index (χ3v) is 1.61. The molecule has 0 bridgehead atoms. The SMILES string of the molecule is NCC(N)C(N)CN.[C-]#[N+]/C(N)=C(/N)C#N. The highest BCUT2D eigenvalue weighted by molar-refractivity contribution is 5.25. The average Bonchev–Trinajstić information content (AvgIpc) is 2.35. The normalized spacial score (nSPS) is 14.4. The Kier molecular flexibility index (Phi) is 10.1. The molecule has 0 saturated carbocycles. The molecule has 8 nitrogen and oxygen atoms in total. The van der Waals surface area contributed by atoms with Gasteiger partial charge in [-0.05, 0) is 0 Å². The summed E-state index contributed by atoms with van der Waals surface area (Å²) in [6.07, 6.45) is 0. The first kappa shape index (κ1) is 16.6. The summed E-state index contributed by atoms with van der Waals surface area (Å²) in [6.45, 7) is 7.06. The van der Waals surface area contributed by atoms with Crippen molar-refractivity contribution in [1.29, 1.82) is 5.26 Å². The van der Waals surface area contributed by atoms with E-state index in [0.717, 1.165) is 0 Å². The van der Waals surface area contributed by atoms with E-state index >= 15 is 0 Å². The molecule has 0 amide bonds. The summed E-state index contributed by atoms with van der Waals surface area (Å²) < 4.78 is 0. The van der Waals surface area contributed by atoms with E-state index in [1.54, 1.807) is 0 Å². The molecule has 0 spiro atoms. The van der Waals surface area contributed by atoms with E-state index < -0.39 is 0 Å². The standard InChI is InChI=1S/C4H4N4.C4H14N4/c1-8-4(7)3(6)2-5;5-1-3(7)4(8)2-6/h6-7H2;3-4H,1-2,5-8H2/b4-3+;. The van der Waals surface area contributed by atoms with Gasteiger partial charge in [0, 0.05) is 25.2 Å². The highest BCUT2D eigenvalue weighted by Gasteiger charge is 2.07. The second-order valence-electron chi connectivity index (χ2n) is 2.82. The van der Waals surface area contributed by atoms with Crippen LogP contribution in [0, 0.1) is 17.9 Å². The van der Waals surface area contributed by atoms with Crippen LogP contribution in [0.15, 0.2) is 11.5 Å². The fraction of sp³-hybridized carbons (Fsp3) is 0.500. The van der Waals surface area contributed by atoms with Gasteiger partial charge in [0.15, 0.2) is 0 Å². The maximum Gasteiger partial charge on any atom is 0.254 e. The molecule has 2 unspecified atom stereocenters. The molecule has 0 aromatic heterocycles. The van der Waals surface area contributed by atoms with Gasteiger partial charge < -0.3 is 39.2 Å². The van der Waals surface area contributed by atoms with Crippen molar-refractivity contribution in [3.8, 4) is 6.07 Å². The molecule has 2 atom stereocenters. The van der Waals surface area contributed by atoms with Crippen molar-refractivity contribution in [2.45, 2.75) is 12.1 Å². The molecule has 0 aliphatic rings. The molecule has 0 aliphatic heterocycles. The van der Waals surface area contributed by atoms with Crippen molar-refractivity contribution in [2.75, 3.05) is 13.1 Å². The molecule has 0 aromatic rings. The van der Waals surface area contributed by atoms with Crippen molar-refractivity contribution in [3.05, 3.63) is 22.9 Å². The van der Waals surface area contributed by atoms with E-state index in [1.807, 2.05) is 0 Å². The van der Waals surface area contributed by atoms with Crippen LogP contribution in [0.1, 0.15) is 0 Å². The third kappa shape index (κ3) is 7.55. The molecule has 8 heteroatoms. The quantitative estimate of drug-likeness (QED) is 0.219. The lowest BCUT2D eigenvalue weighted by atomic mass is 10.1. The summed E-state index contributed by atoms with van der Waals surface area (Å²) in [5.41, 5.74) is 30.8. The first-order chi connectivity index (χ1) is 7.44. The molecule has 16 heavy (non-hydrogen) atoms. The lowest BCUT2D eigenvalue weighted by molar-refractivity contribution is 0.540. The summed E-state index contributed by atoms with van der Waals surface area (Å²) >= 11 is 0. The van der Waals surface area contributed by atoms with E-state index in [0.29, 0.717) is 13.1 Å². The second-order valence-corrected chi connectivity index (χ2v) is 2.82. The van der Waals surface area contributed by atoms with Gasteiger partial charge >= 0.3 is 0 Å². The highest BCUT2D eigenvalue weighted by Crippen LogP contribution is 1.87. The fourth-order valence-electron chi connectivity index (χ4n) is 0.467. The summed E-state index contributed by atoms with van der Waals surface area (Å²) in [5.74, 6) is -0.243. The topological polar surface area (TPSA) is 184 Å². The van der Waals surface area contributed by atoms with Gasteiger partial charge in [0.2, 0.25) is 0 Å². The van der Waals surface area contributed by atoms with Gasteiger partial charge in [0.1, 0.15) is 11.8 Å². The van der Waals surface area contributed by atoms with Crippen molar-refractivity contribution in [2.24, 2.45) is 34.4 Å². The Morgan fingerprint density at radius 3 is 1.69 bits per heavy atom. The second kappa shape index (κ2) is 9.71. The summed E-state index contributed by atoms with van der Waals surface area (Å²) in [5, 5.41) is 7.98. The maximum absolute atomic E-state index is 7.98. The van der Waals surface area contributed by atoms with E-state index in [4.69, 9.17) is 46.2 Å². The molecular formula is C8H18N8. The molecule has 0 fully saturated rings. The molecule has 90 valence electrons. The van der Waals surface area contributed by atoms with Crippen molar-refractivity contribution < 1.29 is 0 Å². The zero-order valence-electron chi connectivity index (χ0n) is 8.93. The van der Waals surface area contributed by atoms with Crippen LogP contribution in [0.4, 0.5) is 0 Å². The van der Waals surface area contributed by atoms with Gasteiger partial charge in [-0.15, -0.1) is 0 Å². The number of hydrogen-bond donors (Lipinski definition) is 6. The minimum atomic E-state index is -0.243. The van der Waals surface area contributed by atoms with Gasteiger partial charge in [-0.3, -0.25) is 0 Å². The first-order valence-corrected chi connectivity index (χ1v) is 4.38. The van der Waals surface area contributed by atoms with Gasteiger partial charge in [-0.25, -0.2) is 0 Å². The zero-order valence-corrected chi connectivity index (χ0v) is 8.93. The lowest BCUT2D eigenvalue weighted by Gasteiger charge is -2.14. The number of nitriles is 1. The Bertz CT molecular complexity index is 266. The van der Waals surface area contributed by atoms with Crippen molar-refractivity contribution >= 4 is 0 Å². The molecular weight excluding hydrogens is 208 g/mol. The fourth-order valence-corrected chi connectivity index (χ4v) is 0.467. The molecule has 0 saturated heterocycles. The van der Waals surface area contributed by atoms with Gasteiger partial charge in [-0.1, -0.05) is 6.57 Å². The lowest BCUT2D eigenvalue weighted by Crippen LogP contribution is -2.50. The van der Waals surface area contributed by atoms with Crippen molar-refractivity contribution in [3.63, 3.8) is 0 Å². The number of nitrogens with zero attached hydrogens (tertiary/aromatic N) is 2. The molecule has 0 heterocycles. The monoisotopic (exact) mass is 226 g/mol. The van der Waals surface area contributed by atoms with Crippen LogP contribution in [-0.2, 0) is 0 Å². The number of rotatable bonds is 3. The maximum atomic E-state index is 7.98. The predicted octanol–water partition coefficient (Wildman–Crippen LogP) is -2.93. The van der Waals surface area contributed by atoms with Crippen LogP contribution >= 0.6 is 0 Å². The van der Waals surface area contributed by atoms with E-state index in [9.17, 15) is 0 Å². The predicted molar refractivity (Wildman–Crippen MR) is 61.7 cm³/mol. The van der Waals surface area contributed by atoms with E-state index in [-0.39, 0.29) is 23.6 Å². The molecule has 0 rings (SSSR count). The smallest absolute Gasteiger partial charge is 0.254 e. The average molecular weight is 226 g/mol. The van der Waals surface area contributed by atoms with Crippen LogP contribution < -0.4 is 34.4 Å². The molecule has 0 aliphatic carbocycles. The van der Waals surface area contributed by atoms with Crippen LogP contribution in [0.2, 0.25) is 0 Å². The zero-order chi connectivity index (χ0) is 13.1. The van der Waals surface area contributed by atoms with Crippen LogP contribution in [0.5, 0.6) is 0 Å². The Labute approximate surface area is 94.6 Å². The minimum Gasteiger partial charge on any atom is -0.398 e. The van der Waals surface area contributed by atoms with Crippen LogP contribution in [0.3, 0.4) is 0 Å². The highest BCUT2D eigenvalue weighted by atomic mass is 14.9. The van der Waals surface area contributed by atoms with Gasteiger partial charge in [0.05, 0.1) is 0 Å². The van der Waals surface area contributed by atoms with Crippen LogP contribution in [0.25, 0.3) is 4.85 Å². The summed E-state index contributed by atoms with van der Waals surface area (Å²) in [4.78, 5) is 2.72. The summed E-state index contributed by atoms with van der Waals surface area (Å²) in [6, 6.07) is 1.23. The van der Waals surface area contributed by atoms with E-state index in [1.165, 1.54) is 6.07 Å². The number of hydrogen-bond acceptors (Lipinski definition) is 7. The van der Waals surface area contributed by atoms with Gasteiger partial charge in [0.25, 0.3) is 5.82 Å². The Morgan fingerprint density at radius 2 is 1.56 bits per heavy atom. The third-order valence-electron chi connectivity index (χ3n) is 1.61. The van der Waals surface area contributed by atoms with E-state index in [2.05, 4.69) is 4.85 Å². The first-order valence-electron chi connectivity index (χ1n) is 4.38.